The minimum atomic E-state index is -0.839. The van der Waals surface area contributed by atoms with E-state index in [-0.39, 0.29) is 46.1 Å². The third-order valence-corrected chi connectivity index (χ3v) is 8.99. The second kappa shape index (κ2) is 10.3. The second-order valence-electron chi connectivity index (χ2n) is 11.5. The van der Waals surface area contributed by atoms with Gasteiger partial charge in [-0.2, -0.15) is 5.10 Å². The molecule has 2 aromatic heterocycles. The molecule has 2 aromatic carbocycles. The Balaban J connectivity index is 1.14. The molecule has 3 aliphatic carbocycles. The second-order valence-corrected chi connectivity index (χ2v) is 11.5. The first-order valence-corrected chi connectivity index (χ1v) is 13.8. The number of nitrogens with two attached hydrogens (primary N) is 1. The Labute approximate surface area is 243 Å². The van der Waals surface area contributed by atoms with Gasteiger partial charge >= 0.3 is 5.97 Å². The predicted molar refractivity (Wildman–Crippen MR) is 152 cm³/mol. The van der Waals surface area contributed by atoms with Gasteiger partial charge in [-0.25, -0.2) is 13.9 Å². The van der Waals surface area contributed by atoms with Gasteiger partial charge in [0.15, 0.2) is 5.65 Å². The number of nitrogen functional groups attached to an aromatic ring is 1. The summed E-state index contributed by atoms with van der Waals surface area (Å²) in [6.07, 6.45) is 5.41. The van der Waals surface area contributed by atoms with Crippen LogP contribution in [0.1, 0.15) is 65.1 Å². The average molecular weight is 590 g/mol. The Morgan fingerprint density at radius 2 is 1.70 bits per heavy atom. The molecule has 0 spiro atoms. The lowest BCUT2D eigenvalue weighted by atomic mass is 9.53. The number of carboxylic acid groups (broad SMARTS) is 1. The maximum Gasteiger partial charge on any atom is 0.309 e. The van der Waals surface area contributed by atoms with Crippen molar-refractivity contribution in [2.75, 3.05) is 17.6 Å². The number of nitrogens with one attached hydrogen (secondary N) is 3. The lowest BCUT2D eigenvalue weighted by molar-refractivity contribution is -0.158. The normalized spacial score (nSPS) is 21.1. The fourth-order valence-electron chi connectivity index (χ4n) is 6.12. The van der Waals surface area contributed by atoms with Crippen molar-refractivity contribution in [1.29, 1.82) is 0 Å². The summed E-state index contributed by atoms with van der Waals surface area (Å²) in [7, 11) is 0. The molecule has 2 bridgehead atoms. The first-order chi connectivity index (χ1) is 20.5. The number of halogens is 1. The van der Waals surface area contributed by atoms with Gasteiger partial charge in [-0.3, -0.25) is 24.0 Å². The number of benzene rings is 1. The monoisotopic (exact) mass is 589 g/mol. The number of aliphatic carboxylic acids is 1. The Kier molecular flexibility index (Phi) is 6.70. The number of nitrogens with zero attached hydrogens (tertiary/aromatic N) is 3. The highest BCUT2D eigenvalue weighted by atomic mass is 19.1. The minimum absolute atomic E-state index is 0.0325. The number of carboxylic acids is 1. The number of amides is 2. The first-order valence-electron chi connectivity index (χ1n) is 13.8. The van der Waals surface area contributed by atoms with Crippen LogP contribution in [0.2, 0.25) is 0 Å². The molecule has 6 N–H and O–H groups in total. The summed E-state index contributed by atoms with van der Waals surface area (Å²) < 4.78 is 15.7. The maximum absolute atomic E-state index is 14.3. The Morgan fingerprint density at radius 1 is 0.977 bits per heavy atom. The summed E-state index contributed by atoms with van der Waals surface area (Å²) in [6.45, 7) is 0.348. The number of carbonyl (C=O) groups excluding carboxylic acids is 2. The summed E-state index contributed by atoms with van der Waals surface area (Å²) in [5.41, 5.74) is 3.33. The van der Waals surface area contributed by atoms with E-state index in [1.165, 1.54) is 28.9 Å². The lowest BCUT2D eigenvalue weighted by Crippen LogP contribution is -2.50. The molecule has 3 aliphatic rings. The van der Waals surface area contributed by atoms with Gasteiger partial charge < -0.3 is 26.8 Å². The quantitative estimate of drug-likeness (QED) is 0.180. The molecule has 43 heavy (non-hydrogen) atoms. The SMILES string of the molecule is Nc1c(Nc2cc(CNC(=O)c3cc(C(=O)NCC45CCC(C(=O)O)(CC4)CC5)n4nccc4n3)ccc2F)c(=O)c1=O. The number of rotatable bonds is 9. The predicted octanol–water partition coefficient (Wildman–Crippen LogP) is 1.88. The van der Waals surface area contributed by atoms with E-state index >= 15 is 0 Å². The van der Waals surface area contributed by atoms with Crippen molar-refractivity contribution in [2.45, 2.75) is 45.1 Å². The van der Waals surface area contributed by atoms with Crippen LogP contribution < -0.4 is 32.5 Å². The fraction of sp³-hybridized carbons (Fsp3) is 0.345. The zero-order valence-electron chi connectivity index (χ0n) is 22.9. The summed E-state index contributed by atoms with van der Waals surface area (Å²) >= 11 is 0. The number of aromatic nitrogens is 3. The van der Waals surface area contributed by atoms with E-state index in [0.717, 1.165) is 25.3 Å². The summed E-state index contributed by atoms with van der Waals surface area (Å²) in [5, 5.41) is 22.0. The van der Waals surface area contributed by atoms with E-state index < -0.39 is 39.9 Å². The van der Waals surface area contributed by atoms with Crippen LogP contribution >= 0.6 is 0 Å². The molecule has 3 fully saturated rings. The molecular formula is C29H28FN7O6. The molecular weight excluding hydrogens is 561 g/mol. The van der Waals surface area contributed by atoms with Crippen LogP contribution in [-0.2, 0) is 11.3 Å². The zero-order valence-corrected chi connectivity index (χ0v) is 22.9. The number of hydrogen-bond donors (Lipinski definition) is 5. The maximum atomic E-state index is 14.3. The van der Waals surface area contributed by atoms with Crippen LogP contribution in [0.4, 0.5) is 21.5 Å². The van der Waals surface area contributed by atoms with Crippen molar-refractivity contribution in [3.63, 3.8) is 0 Å². The van der Waals surface area contributed by atoms with Crippen LogP contribution in [-0.4, -0.2) is 44.0 Å². The molecule has 0 atom stereocenters. The van der Waals surface area contributed by atoms with Crippen molar-refractivity contribution in [3.05, 3.63) is 79.7 Å². The van der Waals surface area contributed by atoms with E-state index in [0.29, 0.717) is 31.4 Å². The summed E-state index contributed by atoms with van der Waals surface area (Å²) in [5.74, 6) is -2.46. The topological polar surface area (TPSA) is 198 Å². The molecule has 7 rings (SSSR count). The largest absolute Gasteiger partial charge is 0.481 e. The van der Waals surface area contributed by atoms with Gasteiger partial charge in [-0.15, -0.1) is 0 Å². The highest BCUT2D eigenvalue weighted by Gasteiger charge is 2.52. The van der Waals surface area contributed by atoms with E-state index in [9.17, 15) is 33.5 Å². The van der Waals surface area contributed by atoms with Crippen molar-refractivity contribution < 1.29 is 23.9 Å². The Bertz CT molecular complexity index is 1850. The van der Waals surface area contributed by atoms with Gasteiger partial charge in [0.1, 0.15) is 28.6 Å². The van der Waals surface area contributed by atoms with Crippen molar-refractivity contribution in [1.82, 2.24) is 25.2 Å². The Hall–Kier alpha value is -5.14. The number of fused-ring (bicyclic) bond motifs is 4. The summed E-state index contributed by atoms with van der Waals surface area (Å²) in [6, 6.07) is 6.85. The standard InChI is InChI=1S/C29H28FN7O6/c30-16-2-1-15(11-17(16)36-22-21(31)23(38)24(22)39)13-32-25(40)18-12-19(37-20(35-18)3-10-34-37)26(41)33-14-28-4-7-29(8-5-28,9-6-28)27(42)43/h1-3,10-12,36H,4-9,13-14,31H2,(H,32,40)(H,33,41)(H,42,43). The van der Waals surface area contributed by atoms with Crippen molar-refractivity contribution in [3.8, 4) is 0 Å². The third-order valence-electron chi connectivity index (χ3n) is 8.99. The van der Waals surface area contributed by atoms with Gasteiger partial charge in [0.2, 0.25) is 0 Å². The van der Waals surface area contributed by atoms with Crippen LogP contribution in [0.25, 0.3) is 5.65 Å². The first kappa shape index (κ1) is 28.0. The van der Waals surface area contributed by atoms with Gasteiger partial charge in [-0.05, 0) is 61.6 Å². The number of hydrogen-bond acceptors (Lipinski definition) is 9. The molecule has 14 heteroatoms. The van der Waals surface area contributed by atoms with Crippen LogP contribution in [0, 0.1) is 16.6 Å². The third kappa shape index (κ3) is 4.87. The van der Waals surface area contributed by atoms with E-state index in [1.54, 1.807) is 6.07 Å². The lowest BCUT2D eigenvalue weighted by Gasteiger charge is -2.51. The van der Waals surface area contributed by atoms with E-state index in [1.807, 2.05) is 0 Å². The zero-order chi connectivity index (χ0) is 30.5. The van der Waals surface area contributed by atoms with Gasteiger partial charge in [-0.1, -0.05) is 6.07 Å². The summed E-state index contributed by atoms with van der Waals surface area (Å²) in [4.78, 5) is 65.5. The molecule has 0 radical (unpaired) electrons. The van der Waals surface area contributed by atoms with Crippen LogP contribution in [0.15, 0.2) is 46.1 Å². The van der Waals surface area contributed by atoms with Crippen molar-refractivity contribution >= 4 is 40.5 Å². The number of anilines is 3. The van der Waals surface area contributed by atoms with Crippen LogP contribution in [0.3, 0.4) is 0 Å². The van der Waals surface area contributed by atoms with Gasteiger partial charge in [0.05, 0.1) is 17.3 Å². The van der Waals surface area contributed by atoms with E-state index in [2.05, 4.69) is 26.0 Å². The molecule has 13 nitrogen and oxygen atoms in total. The van der Waals surface area contributed by atoms with Gasteiger partial charge in [0, 0.05) is 25.2 Å². The molecule has 0 saturated heterocycles. The minimum Gasteiger partial charge on any atom is -0.481 e. The highest BCUT2D eigenvalue weighted by Crippen LogP contribution is 2.56. The molecule has 2 amide bonds. The fourth-order valence-corrected chi connectivity index (χ4v) is 6.12. The van der Waals surface area contributed by atoms with Crippen molar-refractivity contribution in [2.24, 2.45) is 10.8 Å². The molecule has 0 aliphatic heterocycles. The molecule has 4 aromatic rings. The molecule has 222 valence electrons. The smallest absolute Gasteiger partial charge is 0.309 e. The average Bonchev–Trinajstić information content (AvgIpc) is 3.51. The van der Waals surface area contributed by atoms with Gasteiger partial charge in [0.25, 0.3) is 22.7 Å². The molecule has 3 saturated carbocycles. The molecule has 0 unspecified atom stereocenters. The molecule has 2 heterocycles. The number of carbonyl (C=O) groups is 3. The highest BCUT2D eigenvalue weighted by molar-refractivity contribution is 5.98. The van der Waals surface area contributed by atoms with Crippen LogP contribution in [0.5, 0.6) is 0 Å². The Morgan fingerprint density at radius 3 is 2.37 bits per heavy atom. The van der Waals surface area contributed by atoms with E-state index in [4.69, 9.17) is 5.73 Å².